The van der Waals surface area contributed by atoms with Gasteiger partial charge in [0.05, 0.1) is 21.4 Å². The van der Waals surface area contributed by atoms with Crippen LogP contribution in [0.1, 0.15) is 13.3 Å². The van der Waals surface area contributed by atoms with E-state index >= 15 is 0 Å². The molecule has 180 valence electrons. The molecule has 34 heavy (non-hydrogen) atoms. The third-order valence-corrected chi connectivity index (χ3v) is 7.24. The van der Waals surface area contributed by atoms with Crippen LogP contribution in [0.15, 0.2) is 58.0 Å². The first-order valence-electron chi connectivity index (χ1n) is 10.0. The number of sulfonamides is 1. The van der Waals surface area contributed by atoms with Gasteiger partial charge in [-0.3, -0.25) is 4.72 Å². The van der Waals surface area contributed by atoms with Gasteiger partial charge in [-0.25, -0.2) is 22.2 Å². The topological polar surface area (TPSA) is 89.5 Å². The highest BCUT2D eigenvalue weighted by atomic mass is 79.9. The molecule has 1 atom stereocenters. The largest absolute Gasteiger partial charge is 0.485 e. The van der Waals surface area contributed by atoms with Crippen molar-refractivity contribution in [1.29, 1.82) is 0 Å². The number of aromatic nitrogens is 1. The summed E-state index contributed by atoms with van der Waals surface area (Å²) in [4.78, 5) is 3.80. The second-order valence-corrected chi connectivity index (χ2v) is 10.8. The molecule has 0 aliphatic carbocycles. The Balaban J connectivity index is 1.53. The molecule has 1 aliphatic heterocycles. The number of halogens is 4. The molecule has 4 rings (SSSR count). The third-order valence-electron chi connectivity index (χ3n) is 5.01. The second kappa shape index (κ2) is 9.65. The molecule has 2 heterocycles. The van der Waals surface area contributed by atoms with Gasteiger partial charge >= 0.3 is 0 Å². The average Bonchev–Trinajstić information content (AvgIpc) is 3.17. The van der Waals surface area contributed by atoms with Crippen molar-refractivity contribution in [3.63, 3.8) is 0 Å². The van der Waals surface area contributed by atoms with Gasteiger partial charge in [-0.15, -0.1) is 0 Å². The van der Waals surface area contributed by atoms with Crippen LogP contribution in [0, 0.1) is 11.6 Å². The van der Waals surface area contributed by atoms with E-state index in [2.05, 4.69) is 31.0 Å². The Hall–Kier alpha value is -2.47. The predicted octanol–water partition coefficient (Wildman–Crippen LogP) is 5.50. The Morgan fingerprint density at radius 1 is 1.18 bits per heavy atom. The van der Waals surface area contributed by atoms with Crippen LogP contribution in [0.4, 0.5) is 14.5 Å². The lowest BCUT2D eigenvalue weighted by molar-refractivity contribution is 0.111. The van der Waals surface area contributed by atoms with E-state index < -0.39 is 27.3 Å². The molecular weight excluding hydrogens is 556 g/mol. The van der Waals surface area contributed by atoms with Crippen molar-refractivity contribution in [1.82, 2.24) is 10.3 Å². The lowest BCUT2D eigenvalue weighted by Crippen LogP contribution is -2.34. The Morgan fingerprint density at radius 3 is 2.56 bits per heavy atom. The highest BCUT2D eigenvalue weighted by Gasteiger charge is 2.31. The number of pyridine rings is 1. The summed E-state index contributed by atoms with van der Waals surface area (Å²) in [5.74, 6) is -1.47. The zero-order chi connectivity index (χ0) is 24.5. The fraction of sp³-hybridized carbons (Fsp3) is 0.227. The van der Waals surface area contributed by atoms with E-state index in [0.717, 1.165) is 31.3 Å². The normalized spacial score (nSPS) is 18.0. The maximum absolute atomic E-state index is 13.4. The summed E-state index contributed by atoms with van der Waals surface area (Å²) in [7, 11) is -4.04. The third kappa shape index (κ3) is 5.77. The van der Waals surface area contributed by atoms with Gasteiger partial charge in [0.15, 0.2) is 0 Å². The van der Waals surface area contributed by atoms with E-state index in [9.17, 15) is 17.2 Å². The van der Waals surface area contributed by atoms with Crippen molar-refractivity contribution in [2.45, 2.75) is 23.8 Å². The van der Waals surface area contributed by atoms with Crippen molar-refractivity contribution in [3.05, 3.63) is 69.8 Å². The highest BCUT2D eigenvalue weighted by molar-refractivity contribution is 9.10. The summed E-state index contributed by atoms with van der Waals surface area (Å²) in [6.45, 7) is 3.41. The molecule has 2 aromatic carbocycles. The van der Waals surface area contributed by atoms with Crippen molar-refractivity contribution < 1.29 is 26.7 Å². The molecule has 2 N–H and O–H groups in total. The van der Waals surface area contributed by atoms with Crippen molar-refractivity contribution in [2.24, 2.45) is 0 Å². The fourth-order valence-corrected chi connectivity index (χ4v) is 5.09. The number of ether oxygens (including phenoxy) is 2. The first kappa shape index (κ1) is 24.6. The minimum absolute atomic E-state index is 0.0652. The molecule has 1 aliphatic rings. The molecule has 0 spiro atoms. The number of nitrogens with zero attached hydrogens (tertiary/aromatic N) is 1. The number of rotatable bonds is 7. The summed E-state index contributed by atoms with van der Waals surface area (Å²) < 4.78 is 66.7. The maximum Gasteiger partial charge on any atom is 0.263 e. The Kier molecular flexibility index (Phi) is 6.99. The van der Waals surface area contributed by atoms with Crippen molar-refractivity contribution >= 4 is 43.2 Å². The molecule has 12 heteroatoms. The standard InChI is InChI=1S/C22H19BrClF2N3O4S/c1-22(4-5-27-12-22)33-20-9-15(2-3-19(20)24)29-34(30,31)17-10-18(23)21(28-11-17)32-16-7-13(25)6-14(26)8-16/h2-3,6-11,27,29H,4-5,12H2,1H3/t22-/m1/s1. The predicted molar refractivity (Wildman–Crippen MR) is 127 cm³/mol. The molecule has 0 unspecified atom stereocenters. The lowest BCUT2D eigenvalue weighted by Gasteiger charge is -2.25. The van der Waals surface area contributed by atoms with Crippen molar-refractivity contribution in [3.8, 4) is 17.4 Å². The van der Waals surface area contributed by atoms with Gasteiger partial charge in [-0.05, 0) is 47.6 Å². The summed E-state index contributed by atoms with van der Waals surface area (Å²) >= 11 is 9.43. The van der Waals surface area contributed by atoms with E-state index in [1.54, 1.807) is 6.07 Å². The van der Waals surface area contributed by atoms with Crippen LogP contribution in [-0.4, -0.2) is 32.1 Å². The minimum Gasteiger partial charge on any atom is -0.485 e. The second-order valence-electron chi connectivity index (χ2n) is 7.89. The number of anilines is 1. The number of hydrogen-bond acceptors (Lipinski definition) is 6. The fourth-order valence-electron chi connectivity index (χ4n) is 3.33. The van der Waals surface area contributed by atoms with Gasteiger partial charge < -0.3 is 14.8 Å². The maximum atomic E-state index is 13.4. The van der Waals surface area contributed by atoms with E-state index in [0.29, 0.717) is 23.4 Å². The molecule has 0 bridgehead atoms. The van der Waals surface area contributed by atoms with Gasteiger partial charge in [0, 0.05) is 37.2 Å². The summed E-state index contributed by atoms with van der Waals surface area (Å²) in [6, 6.07) is 8.50. The van der Waals surface area contributed by atoms with Crippen molar-refractivity contribution in [2.75, 3.05) is 17.8 Å². The van der Waals surface area contributed by atoms with E-state index in [-0.39, 0.29) is 26.7 Å². The monoisotopic (exact) mass is 573 g/mol. The van der Waals surface area contributed by atoms with Crippen LogP contribution in [0.5, 0.6) is 17.4 Å². The van der Waals surface area contributed by atoms with Gasteiger partial charge in [0.1, 0.15) is 33.6 Å². The van der Waals surface area contributed by atoms with Crippen LogP contribution in [0.2, 0.25) is 5.02 Å². The first-order chi connectivity index (χ1) is 16.0. The number of hydrogen-bond donors (Lipinski definition) is 2. The highest BCUT2D eigenvalue weighted by Crippen LogP contribution is 2.34. The molecule has 0 amide bonds. The SMILES string of the molecule is C[C@@]1(Oc2cc(NS(=O)(=O)c3cnc(Oc4cc(F)cc(F)c4)c(Br)c3)ccc2Cl)CCNC1. The zero-order valence-corrected chi connectivity index (χ0v) is 20.9. The molecule has 1 fully saturated rings. The molecule has 0 radical (unpaired) electrons. The summed E-state index contributed by atoms with van der Waals surface area (Å²) in [5.41, 5.74) is -0.197. The minimum atomic E-state index is -4.04. The molecule has 3 aromatic rings. The molecule has 1 saturated heterocycles. The summed E-state index contributed by atoms with van der Waals surface area (Å²) in [5, 5.41) is 3.58. The van der Waals surface area contributed by atoms with Crippen LogP contribution in [0.3, 0.4) is 0 Å². The van der Waals surface area contributed by atoms with E-state index in [1.807, 2.05) is 6.92 Å². The van der Waals surface area contributed by atoms with Crippen LogP contribution in [0.25, 0.3) is 0 Å². The molecular formula is C22H19BrClF2N3O4S. The molecule has 7 nitrogen and oxygen atoms in total. The molecule has 0 saturated carbocycles. The van der Waals surface area contributed by atoms with Gasteiger partial charge in [0.2, 0.25) is 5.88 Å². The van der Waals surface area contributed by atoms with Gasteiger partial charge in [-0.2, -0.15) is 0 Å². The summed E-state index contributed by atoms with van der Waals surface area (Å²) in [6.07, 6.45) is 1.85. The molecule has 1 aromatic heterocycles. The van der Waals surface area contributed by atoms with Crippen LogP contribution in [-0.2, 0) is 10.0 Å². The number of nitrogens with one attached hydrogen (secondary N) is 2. The quantitative estimate of drug-likeness (QED) is 0.387. The van der Waals surface area contributed by atoms with Crippen LogP contribution < -0.4 is 19.5 Å². The Bertz CT molecular complexity index is 1320. The Morgan fingerprint density at radius 2 is 1.91 bits per heavy atom. The van der Waals surface area contributed by atoms with E-state index in [1.165, 1.54) is 18.2 Å². The lowest BCUT2D eigenvalue weighted by atomic mass is 10.1. The first-order valence-corrected chi connectivity index (χ1v) is 12.7. The zero-order valence-electron chi connectivity index (χ0n) is 17.7. The Labute approximate surface area is 208 Å². The van der Waals surface area contributed by atoms with E-state index in [4.69, 9.17) is 21.1 Å². The number of benzene rings is 2. The average molecular weight is 575 g/mol. The smallest absolute Gasteiger partial charge is 0.263 e. The van der Waals surface area contributed by atoms with Gasteiger partial charge in [0.25, 0.3) is 10.0 Å². The van der Waals surface area contributed by atoms with Gasteiger partial charge in [-0.1, -0.05) is 11.6 Å². The van der Waals surface area contributed by atoms with Crippen LogP contribution >= 0.6 is 27.5 Å².